The Labute approximate surface area is 152 Å². The van der Waals surface area contributed by atoms with Crippen LogP contribution < -0.4 is 10.6 Å². The number of hydrogen-bond donors (Lipinski definition) is 2. The Morgan fingerprint density at radius 3 is 2.23 bits per heavy atom. The first-order valence-corrected chi connectivity index (χ1v) is 9.88. The van der Waals surface area contributed by atoms with E-state index < -0.39 is 39.1 Å². The highest BCUT2D eigenvalue weighted by Gasteiger charge is 2.39. The van der Waals surface area contributed by atoms with Crippen molar-refractivity contribution in [3.63, 3.8) is 0 Å². The van der Waals surface area contributed by atoms with Crippen molar-refractivity contribution in [1.29, 1.82) is 0 Å². The van der Waals surface area contributed by atoms with Crippen LogP contribution in [0, 0.1) is 5.41 Å². The molecule has 0 aliphatic carbocycles. The molecule has 1 aliphatic rings. The predicted molar refractivity (Wildman–Crippen MR) is 95.4 cm³/mol. The van der Waals surface area contributed by atoms with E-state index in [0.717, 1.165) is 0 Å². The molecule has 9 heteroatoms. The summed E-state index contributed by atoms with van der Waals surface area (Å²) in [5.74, 6) is -1.64. The van der Waals surface area contributed by atoms with E-state index in [1.54, 1.807) is 0 Å². The summed E-state index contributed by atoms with van der Waals surface area (Å²) in [5, 5.41) is 5.25. The van der Waals surface area contributed by atoms with Crippen LogP contribution in [0.3, 0.4) is 0 Å². The molecule has 1 fully saturated rings. The maximum absolute atomic E-state index is 12.5. The van der Waals surface area contributed by atoms with Gasteiger partial charge in [-0.1, -0.05) is 0 Å². The number of esters is 1. The lowest BCUT2D eigenvalue weighted by Crippen LogP contribution is -2.48. The first-order valence-electron chi connectivity index (χ1n) is 8.06. The molecule has 8 nitrogen and oxygen atoms in total. The van der Waals surface area contributed by atoms with Crippen LogP contribution in [0.2, 0.25) is 0 Å². The third-order valence-electron chi connectivity index (χ3n) is 4.27. The van der Waals surface area contributed by atoms with Crippen LogP contribution >= 0.6 is 0 Å². The molecule has 2 N–H and O–H groups in total. The van der Waals surface area contributed by atoms with Gasteiger partial charge in [-0.15, -0.1) is 0 Å². The molecule has 1 aromatic carbocycles. The summed E-state index contributed by atoms with van der Waals surface area (Å²) in [6.45, 7) is 2.92. The highest BCUT2D eigenvalue weighted by Crippen LogP contribution is 2.21. The van der Waals surface area contributed by atoms with Crippen molar-refractivity contribution in [3.8, 4) is 0 Å². The van der Waals surface area contributed by atoms with Gasteiger partial charge in [0.05, 0.1) is 24.2 Å². The predicted octanol–water partition coefficient (Wildman–Crippen LogP) is 0.741. The molecule has 2 amide bonds. The van der Waals surface area contributed by atoms with Crippen molar-refractivity contribution in [3.05, 3.63) is 29.8 Å². The van der Waals surface area contributed by atoms with Crippen LogP contribution in [0.5, 0.6) is 0 Å². The normalized spacial score (nSPS) is 18.8. The second kappa shape index (κ2) is 7.45. The summed E-state index contributed by atoms with van der Waals surface area (Å²) >= 11 is 0. The van der Waals surface area contributed by atoms with E-state index in [1.807, 2.05) is 0 Å². The topological polar surface area (TPSA) is 119 Å². The molecule has 26 heavy (non-hydrogen) atoms. The Kier molecular flexibility index (Phi) is 5.70. The third kappa shape index (κ3) is 4.60. The molecule has 0 saturated carbocycles. The van der Waals surface area contributed by atoms with Crippen molar-refractivity contribution in [2.24, 2.45) is 5.41 Å². The van der Waals surface area contributed by atoms with Gasteiger partial charge in [0.1, 0.15) is 5.41 Å². The molecular formula is C17H22N2O6S. The molecule has 1 aliphatic heterocycles. The first kappa shape index (κ1) is 19.9. The molecular weight excluding hydrogens is 360 g/mol. The van der Waals surface area contributed by atoms with Crippen molar-refractivity contribution >= 4 is 33.3 Å². The molecule has 142 valence electrons. The van der Waals surface area contributed by atoms with Crippen LogP contribution in [-0.2, 0) is 24.2 Å². The molecule has 0 radical (unpaired) electrons. The summed E-state index contributed by atoms with van der Waals surface area (Å²) in [4.78, 5) is 36.3. The van der Waals surface area contributed by atoms with Crippen LogP contribution in [0.4, 0.5) is 5.69 Å². The molecule has 1 aromatic rings. The Morgan fingerprint density at radius 1 is 1.12 bits per heavy atom. The second-order valence-electron chi connectivity index (χ2n) is 6.72. The summed E-state index contributed by atoms with van der Waals surface area (Å²) in [5.41, 5.74) is -0.634. The van der Waals surface area contributed by atoms with Crippen molar-refractivity contribution < 1.29 is 27.5 Å². The Bertz CT molecular complexity index is 814. The van der Waals surface area contributed by atoms with Gasteiger partial charge in [-0.3, -0.25) is 9.59 Å². The lowest BCUT2D eigenvalue weighted by atomic mass is 9.90. The first-order chi connectivity index (χ1) is 12.0. The number of carbonyl (C=O) groups is 3. The van der Waals surface area contributed by atoms with Crippen molar-refractivity contribution in [2.75, 3.05) is 23.9 Å². The Morgan fingerprint density at radius 2 is 1.73 bits per heavy atom. The maximum atomic E-state index is 12.5. The monoisotopic (exact) mass is 382 g/mol. The van der Waals surface area contributed by atoms with Gasteiger partial charge in [-0.2, -0.15) is 0 Å². The number of anilines is 1. The smallest absolute Gasteiger partial charge is 0.337 e. The summed E-state index contributed by atoms with van der Waals surface area (Å²) in [6.07, 6.45) is 0.348. The fourth-order valence-corrected chi connectivity index (χ4v) is 4.15. The molecule has 2 rings (SSSR count). The van der Waals surface area contributed by atoms with E-state index in [0.29, 0.717) is 17.7 Å². The largest absolute Gasteiger partial charge is 0.465 e. The number of methoxy groups -OCH3 is 1. The quantitative estimate of drug-likeness (QED) is 0.573. The van der Waals surface area contributed by atoms with Gasteiger partial charge in [0, 0.05) is 11.7 Å². The van der Waals surface area contributed by atoms with Crippen LogP contribution in [0.15, 0.2) is 24.3 Å². The second-order valence-corrected chi connectivity index (χ2v) is 8.95. The van der Waals surface area contributed by atoms with E-state index in [4.69, 9.17) is 0 Å². The number of benzene rings is 1. The minimum atomic E-state index is -3.12. The zero-order valence-corrected chi connectivity index (χ0v) is 15.7. The zero-order valence-electron chi connectivity index (χ0n) is 14.9. The number of amides is 2. The average molecular weight is 382 g/mol. The van der Waals surface area contributed by atoms with Crippen LogP contribution in [-0.4, -0.2) is 50.9 Å². The fourth-order valence-electron chi connectivity index (χ4n) is 2.47. The van der Waals surface area contributed by atoms with Gasteiger partial charge in [-0.05, 0) is 44.5 Å². The Hall–Kier alpha value is -2.42. The molecule has 1 unspecified atom stereocenters. The number of hydrogen-bond acceptors (Lipinski definition) is 6. The molecule has 0 aromatic heterocycles. The van der Waals surface area contributed by atoms with E-state index >= 15 is 0 Å². The van der Waals surface area contributed by atoms with Gasteiger partial charge >= 0.3 is 5.97 Å². The van der Waals surface area contributed by atoms with Gasteiger partial charge in [-0.25, -0.2) is 13.2 Å². The van der Waals surface area contributed by atoms with E-state index in [9.17, 15) is 22.8 Å². The lowest BCUT2D eigenvalue weighted by molar-refractivity contribution is -0.138. The number of nitrogens with one attached hydrogen (secondary N) is 2. The zero-order chi connectivity index (χ0) is 19.5. The Balaban J connectivity index is 2.00. The highest BCUT2D eigenvalue weighted by molar-refractivity contribution is 7.91. The van der Waals surface area contributed by atoms with Gasteiger partial charge in [0.25, 0.3) is 0 Å². The van der Waals surface area contributed by atoms with E-state index in [2.05, 4.69) is 15.4 Å². The number of carbonyl (C=O) groups excluding carboxylic acids is 3. The molecule has 1 atom stereocenters. The lowest BCUT2D eigenvalue weighted by Gasteiger charge is -2.24. The summed E-state index contributed by atoms with van der Waals surface area (Å²) in [7, 11) is -1.85. The molecule has 0 spiro atoms. The minimum Gasteiger partial charge on any atom is -0.465 e. The maximum Gasteiger partial charge on any atom is 0.337 e. The fraction of sp³-hybridized carbons (Fsp3) is 0.471. The van der Waals surface area contributed by atoms with Gasteiger partial charge < -0.3 is 15.4 Å². The molecule has 1 heterocycles. The minimum absolute atomic E-state index is 0.0388. The van der Waals surface area contributed by atoms with Crippen molar-refractivity contribution in [1.82, 2.24) is 5.32 Å². The average Bonchev–Trinajstić information content (AvgIpc) is 2.93. The standard InChI is InChI=1S/C17H22N2O6S/c1-17(2,16(22)19-13-8-9-26(23,24)10-13)15(21)18-12-6-4-11(5-7-12)14(20)25-3/h4-7,13H,8-10H2,1-3H3,(H,18,21)(H,19,22). The van der Waals surface area contributed by atoms with Crippen LogP contribution in [0.1, 0.15) is 30.6 Å². The number of rotatable bonds is 5. The number of sulfone groups is 1. The summed E-state index contributed by atoms with van der Waals surface area (Å²) < 4.78 is 27.6. The highest BCUT2D eigenvalue weighted by atomic mass is 32.2. The van der Waals surface area contributed by atoms with Gasteiger partial charge in [0.15, 0.2) is 9.84 Å². The van der Waals surface area contributed by atoms with Gasteiger partial charge in [0.2, 0.25) is 11.8 Å². The molecule has 0 bridgehead atoms. The van der Waals surface area contributed by atoms with Crippen LogP contribution in [0.25, 0.3) is 0 Å². The molecule has 1 saturated heterocycles. The summed E-state index contributed by atoms with van der Waals surface area (Å²) in [6, 6.07) is 5.58. The van der Waals surface area contributed by atoms with E-state index in [1.165, 1.54) is 45.2 Å². The number of ether oxygens (including phenoxy) is 1. The van der Waals surface area contributed by atoms with E-state index in [-0.39, 0.29) is 11.5 Å². The SMILES string of the molecule is COC(=O)c1ccc(NC(=O)C(C)(C)C(=O)NC2CCS(=O)(=O)C2)cc1. The van der Waals surface area contributed by atoms with Crippen molar-refractivity contribution in [2.45, 2.75) is 26.3 Å². The third-order valence-corrected chi connectivity index (χ3v) is 6.03.